The predicted octanol–water partition coefficient (Wildman–Crippen LogP) is 2.93. The molecule has 0 radical (unpaired) electrons. The number of aliphatic hydroxyl groups excluding tert-OH is 1. The third-order valence-corrected chi connectivity index (χ3v) is 4.31. The maximum Gasteiger partial charge on any atom is 0.0541 e. The molecule has 0 bridgehead atoms. The van der Waals surface area contributed by atoms with Crippen molar-refractivity contribution in [2.45, 2.75) is 50.9 Å². The van der Waals surface area contributed by atoms with Crippen molar-refractivity contribution in [3.8, 4) is 0 Å². The monoisotopic (exact) mass is 284 g/mol. The molecule has 3 rings (SSSR count). The lowest BCUT2D eigenvalue weighted by Gasteiger charge is -2.26. The van der Waals surface area contributed by atoms with E-state index in [1.165, 1.54) is 11.1 Å². The second kappa shape index (κ2) is 6.92. The molecule has 1 aliphatic rings. The van der Waals surface area contributed by atoms with Crippen LogP contribution in [0.1, 0.15) is 36.8 Å². The summed E-state index contributed by atoms with van der Waals surface area (Å²) in [6.07, 6.45) is 8.35. The Balaban J connectivity index is 1.49. The Hall–Kier alpha value is -1.58. The molecule has 0 spiro atoms. The van der Waals surface area contributed by atoms with Crippen molar-refractivity contribution < 1.29 is 5.11 Å². The van der Waals surface area contributed by atoms with Gasteiger partial charge in [0.25, 0.3) is 0 Å². The Labute approximate surface area is 126 Å². The van der Waals surface area contributed by atoms with Crippen LogP contribution in [0, 0.1) is 0 Å². The summed E-state index contributed by atoms with van der Waals surface area (Å²) in [6, 6.07) is 13.3. The molecular formula is C18H24N2O. The van der Waals surface area contributed by atoms with E-state index < -0.39 is 0 Å². The lowest BCUT2D eigenvalue weighted by atomic mass is 9.93. The molecule has 0 aliphatic heterocycles. The summed E-state index contributed by atoms with van der Waals surface area (Å²) in [5.41, 5.74) is 2.66. The molecule has 2 aromatic rings. The molecule has 1 aromatic heterocycles. The summed E-state index contributed by atoms with van der Waals surface area (Å²) in [7, 11) is 0. The van der Waals surface area contributed by atoms with Crippen LogP contribution >= 0.6 is 0 Å². The van der Waals surface area contributed by atoms with Crippen LogP contribution in [0.25, 0.3) is 0 Å². The van der Waals surface area contributed by atoms with E-state index in [4.69, 9.17) is 0 Å². The van der Waals surface area contributed by atoms with E-state index in [-0.39, 0.29) is 6.10 Å². The highest BCUT2D eigenvalue weighted by atomic mass is 16.3. The van der Waals surface area contributed by atoms with Gasteiger partial charge in [-0.25, -0.2) is 0 Å². The maximum atomic E-state index is 9.52. The lowest BCUT2D eigenvalue weighted by Crippen LogP contribution is -2.34. The topological polar surface area (TPSA) is 37.2 Å². The number of hydrogen-bond acceptors (Lipinski definition) is 2. The van der Waals surface area contributed by atoms with E-state index in [9.17, 15) is 5.11 Å². The van der Waals surface area contributed by atoms with Crippen molar-refractivity contribution in [3.05, 3.63) is 59.9 Å². The van der Waals surface area contributed by atoms with E-state index in [1.54, 1.807) is 0 Å². The first-order valence-corrected chi connectivity index (χ1v) is 7.89. The number of aromatic nitrogens is 1. The average molecular weight is 284 g/mol. The molecule has 2 N–H and O–H groups in total. The van der Waals surface area contributed by atoms with Gasteiger partial charge in [0.1, 0.15) is 0 Å². The Bertz CT molecular complexity index is 541. The van der Waals surface area contributed by atoms with Crippen molar-refractivity contribution in [2.75, 3.05) is 0 Å². The fourth-order valence-electron chi connectivity index (χ4n) is 3.03. The highest BCUT2D eigenvalue weighted by Gasteiger charge is 2.18. The van der Waals surface area contributed by atoms with E-state index in [0.717, 1.165) is 38.8 Å². The molecule has 0 atom stereocenters. The smallest absolute Gasteiger partial charge is 0.0541 e. The van der Waals surface area contributed by atoms with Crippen LogP contribution in [0.3, 0.4) is 0 Å². The fraction of sp³-hybridized carbons (Fsp3) is 0.444. The molecule has 112 valence electrons. The molecule has 21 heavy (non-hydrogen) atoms. The zero-order chi connectivity index (χ0) is 14.5. The van der Waals surface area contributed by atoms with E-state index in [0.29, 0.717) is 6.04 Å². The molecule has 3 heteroatoms. The first-order chi connectivity index (χ1) is 10.3. The molecule has 1 heterocycles. The summed E-state index contributed by atoms with van der Waals surface area (Å²) >= 11 is 0. The first-order valence-electron chi connectivity index (χ1n) is 7.89. The number of hydrogen-bond donors (Lipinski definition) is 2. The minimum absolute atomic E-state index is 0.0741. The largest absolute Gasteiger partial charge is 0.393 e. The van der Waals surface area contributed by atoms with Crippen molar-refractivity contribution >= 4 is 0 Å². The summed E-state index contributed by atoms with van der Waals surface area (Å²) in [6.45, 7) is 1.85. The number of rotatable bonds is 5. The Kier molecular flexibility index (Phi) is 4.73. The van der Waals surface area contributed by atoms with Crippen molar-refractivity contribution in [3.63, 3.8) is 0 Å². The zero-order valence-electron chi connectivity index (χ0n) is 12.4. The van der Waals surface area contributed by atoms with Gasteiger partial charge in [-0.15, -0.1) is 0 Å². The van der Waals surface area contributed by atoms with Crippen LogP contribution in [0.4, 0.5) is 0 Å². The molecular weight excluding hydrogens is 260 g/mol. The van der Waals surface area contributed by atoms with Crippen molar-refractivity contribution in [1.29, 1.82) is 0 Å². The second-order valence-electron chi connectivity index (χ2n) is 6.06. The number of aliphatic hydroxyl groups is 1. The number of nitrogens with zero attached hydrogens (tertiary/aromatic N) is 1. The van der Waals surface area contributed by atoms with Crippen LogP contribution < -0.4 is 5.32 Å². The predicted molar refractivity (Wildman–Crippen MR) is 85.1 cm³/mol. The van der Waals surface area contributed by atoms with Crippen LogP contribution in [-0.4, -0.2) is 21.8 Å². The van der Waals surface area contributed by atoms with Crippen molar-refractivity contribution in [1.82, 2.24) is 9.88 Å². The van der Waals surface area contributed by atoms with Gasteiger partial charge in [0.05, 0.1) is 6.10 Å². The SMILES string of the molecule is OC1CCC(NCc2ccn(Cc3ccccc3)c2)CC1. The molecule has 0 saturated heterocycles. The lowest BCUT2D eigenvalue weighted by molar-refractivity contribution is 0.116. The molecule has 0 amide bonds. The van der Waals surface area contributed by atoms with Gasteiger partial charge in [0.15, 0.2) is 0 Å². The van der Waals surface area contributed by atoms with Gasteiger partial charge in [-0.2, -0.15) is 0 Å². The zero-order valence-corrected chi connectivity index (χ0v) is 12.4. The van der Waals surface area contributed by atoms with Crippen LogP contribution in [-0.2, 0) is 13.1 Å². The van der Waals surface area contributed by atoms with Gasteiger partial charge >= 0.3 is 0 Å². The number of nitrogens with one attached hydrogen (secondary N) is 1. The summed E-state index contributed by atoms with van der Waals surface area (Å²) in [5, 5.41) is 13.1. The average Bonchev–Trinajstić information content (AvgIpc) is 2.95. The van der Waals surface area contributed by atoms with Crippen LogP contribution in [0.2, 0.25) is 0 Å². The Morgan fingerprint density at radius 3 is 2.52 bits per heavy atom. The van der Waals surface area contributed by atoms with Gasteiger partial charge in [-0.1, -0.05) is 30.3 Å². The highest BCUT2D eigenvalue weighted by Crippen LogP contribution is 2.18. The molecule has 1 aliphatic carbocycles. The van der Waals surface area contributed by atoms with E-state index in [2.05, 4.69) is 58.7 Å². The highest BCUT2D eigenvalue weighted by molar-refractivity contribution is 5.17. The third kappa shape index (κ3) is 4.19. The minimum atomic E-state index is -0.0741. The summed E-state index contributed by atoms with van der Waals surface area (Å²) < 4.78 is 2.23. The van der Waals surface area contributed by atoms with Gasteiger partial charge < -0.3 is 15.0 Å². The van der Waals surface area contributed by atoms with Gasteiger partial charge in [0, 0.05) is 31.5 Å². The summed E-state index contributed by atoms with van der Waals surface area (Å²) in [4.78, 5) is 0. The minimum Gasteiger partial charge on any atom is -0.393 e. The molecule has 0 unspecified atom stereocenters. The standard InChI is InChI=1S/C18H24N2O/c21-18-8-6-17(7-9-18)19-12-16-10-11-20(14-16)13-15-4-2-1-3-5-15/h1-5,10-11,14,17-19,21H,6-9,12-13H2. The molecule has 1 aromatic carbocycles. The van der Waals surface area contributed by atoms with Crippen molar-refractivity contribution in [2.24, 2.45) is 0 Å². The Morgan fingerprint density at radius 2 is 1.76 bits per heavy atom. The fourth-order valence-corrected chi connectivity index (χ4v) is 3.03. The second-order valence-corrected chi connectivity index (χ2v) is 6.06. The van der Waals surface area contributed by atoms with Crippen LogP contribution in [0.5, 0.6) is 0 Å². The molecule has 1 saturated carbocycles. The van der Waals surface area contributed by atoms with Gasteiger partial charge in [-0.05, 0) is 42.9 Å². The third-order valence-electron chi connectivity index (χ3n) is 4.31. The Morgan fingerprint density at radius 1 is 1.00 bits per heavy atom. The first kappa shape index (κ1) is 14.4. The quantitative estimate of drug-likeness (QED) is 0.886. The van der Waals surface area contributed by atoms with E-state index in [1.807, 2.05) is 0 Å². The normalized spacial score (nSPS) is 22.3. The molecule has 1 fully saturated rings. The van der Waals surface area contributed by atoms with Crippen LogP contribution in [0.15, 0.2) is 48.8 Å². The van der Waals surface area contributed by atoms with Gasteiger partial charge in [0.2, 0.25) is 0 Å². The number of benzene rings is 1. The maximum absolute atomic E-state index is 9.52. The van der Waals surface area contributed by atoms with Gasteiger partial charge in [-0.3, -0.25) is 0 Å². The molecule has 3 nitrogen and oxygen atoms in total. The van der Waals surface area contributed by atoms with E-state index >= 15 is 0 Å². The summed E-state index contributed by atoms with van der Waals surface area (Å²) in [5.74, 6) is 0.